The van der Waals surface area contributed by atoms with E-state index in [0.717, 1.165) is 0 Å². The molecule has 0 radical (unpaired) electrons. The molecule has 0 fully saturated rings. The number of hydrogen-bond acceptors (Lipinski definition) is 4. The van der Waals surface area contributed by atoms with Gasteiger partial charge in [0.1, 0.15) is 0 Å². The van der Waals surface area contributed by atoms with Gasteiger partial charge in [0.2, 0.25) is 0 Å². The topological polar surface area (TPSA) is 111 Å². The number of rotatable bonds is 5. The molecule has 1 unspecified atom stereocenters. The Kier molecular flexibility index (Phi) is 4.10. The lowest BCUT2D eigenvalue weighted by atomic mass is 10.2. The van der Waals surface area contributed by atoms with Crippen LogP contribution in [0, 0.1) is 5.41 Å². The Morgan fingerprint density at radius 3 is 2.29 bits per heavy atom. The van der Waals surface area contributed by atoms with E-state index in [2.05, 4.69) is 4.99 Å². The normalized spacial score (nSPS) is 12.2. The Labute approximate surface area is 96.7 Å². The third-order valence-electron chi connectivity index (χ3n) is 1.91. The summed E-state index contributed by atoms with van der Waals surface area (Å²) >= 11 is 0. The molecule has 1 atom stereocenters. The van der Waals surface area contributed by atoms with Crippen LogP contribution in [0.4, 0.5) is 0 Å². The van der Waals surface area contributed by atoms with Crippen LogP contribution in [-0.4, -0.2) is 40.1 Å². The first kappa shape index (κ1) is 12.6. The zero-order valence-corrected chi connectivity index (χ0v) is 8.70. The lowest BCUT2D eigenvalue weighted by Gasteiger charge is -2.04. The SMILES string of the molecule is N=C(C(=O)O)C(N=Cc1ccccc1)C(=O)O. The van der Waals surface area contributed by atoms with Gasteiger partial charge in [-0.1, -0.05) is 30.3 Å². The first-order valence-electron chi connectivity index (χ1n) is 4.65. The van der Waals surface area contributed by atoms with Crippen molar-refractivity contribution in [3.63, 3.8) is 0 Å². The molecule has 6 nitrogen and oxygen atoms in total. The molecular weight excluding hydrogens is 224 g/mol. The van der Waals surface area contributed by atoms with Crippen molar-refractivity contribution in [2.75, 3.05) is 0 Å². The van der Waals surface area contributed by atoms with Gasteiger partial charge in [-0.25, -0.2) is 9.59 Å². The number of carbonyl (C=O) groups is 2. The van der Waals surface area contributed by atoms with E-state index in [1.54, 1.807) is 30.3 Å². The van der Waals surface area contributed by atoms with Crippen LogP contribution in [0.15, 0.2) is 35.3 Å². The van der Waals surface area contributed by atoms with Crippen molar-refractivity contribution in [2.24, 2.45) is 4.99 Å². The zero-order valence-electron chi connectivity index (χ0n) is 8.70. The van der Waals surface area contributed by atoms with Crippen LogP contribution in [-0.2, 0) is 9.59 Å². The first-order chi connectivity index (χ1) is 8.02. The van der Waals surface area contributed by atoms with Gasteiger partial charge in [0.15, 0.2) is 11.8 Å². The minimum Gasteiger partial charge on any atom is -0.479 e. The van der Waals surface area contributed by atoms with Crippen molar-refractivity contribution in [1.29, 1.82) is 5.41 Å². The van der Waals surface area contributed by atoms with Gasteiger partial charge in [-0.2, -0.15) is 0 Å². The van der Waals surface area contributed by atoms with E-state index < -0.39 is 23.7 Å². The number of benzene rings is 1. The number of carboxylic acids is 2. The molecule has 0 heterocycles. The molecule has 88 valence electrons. The van der Waals surface area contributed by atoms with Gasteiger partial charge in [0, 0.05) is 6.21 Å². The van der Waals surface area contributed by atoms with Gasteiger partial charge in [-0.05, 0) is 5.56 Å². The molecule has 3 N–H and O–H groups in total. The molecule has 1 aromatic rings. The largest absolute Gasteiger partial charge is 0.479 e. The number of carboxylic acid groups (broad SMARTS) is 2. The molecule has 0 aliphatic carbocycles. The Bertz CT molecular complexity index is 468. The molecule has 0 saturated heterocycles. The van der Waals surface area contributed by atoms with Crippen LogP contribution in [0.3, 0.4) is 0 Å². The molecule has 0 aliphatic rings. The van der Waals surface area contributed by atoms with E-state index in [1.165, 1.54) is 6.21 Å². The minimum atomic E-state index is -1.69. The van der Waals surface area contributed by atoms with Gasteiger partial charge < -0.3 is 10.2 Å². The molecule has 0 aliphatic heterocycles. The van der Waals surface area contributed by atoms with Crippen LogP contribution in [0.25, 0.3) is 0 Å². The number of aliphatic carboxylic acids is 2. The predicted molar refractivity (Wildman–Crippen MR) is 60.8 cm³/mol. The van der Waals surface area contributed by atoms with Gasteiger partial charge in [-0.3, -0.25) is 10.4 Å². The third-order valence-corrected chi connectivity index (χ3v) is 1.91. The second kappa shape index (κ2) is 5.55. The highest BCUT2D eigenvalue weighted by Crippen LogP contribution is 1.99. The second-order valence-corrected chi connectivity index (χ2v) is 3.15. The summed E-state index contributed by atoms with van der Waals surface area (Å²) in [7, 11) is 0. The quantitative estimate of drug-likeness (QED) is 0.650. The number of aliphatic imine (C=N–C) groups is 1. The molecule has 0 spiro atoms. The van der Waals surface area contributed by atoms with E-state index in [-0.39, 0.29) is 0 Å². The summed E-state index contributed by atoms with van der Waals surface area (Å²) in [5, 5.41) is 24.4. The van der Waals surface area contributed by atoms with Gasteiger partial charge >= 0.3 is 11.9 Å². The summed E-state index contributed by atoms with van der Waals surface area (Å²) in [5.74, 6) is -3.06. The predicted octanol–water partition coefficient (Wildman–Crippen LogP) is 0.663. The zero-order chi connectivity index (χ0) is 12.8. The summed E-state index contributed by atoms with van der Waals surface area (Å²) in [6, 6.07) is 6.94. The maximum Gasteiger partial charge on any atom is 0.352 e. The number of nitrogens with one attached hydrogen (secondary N) is 1. The third kappa shape index (κ3) is 3.53. The molecule has 1 aromatic carbocycles. The first-order valence-corrected chi connectivity index (χ1v) is 4.65. The van der Waals surface area contributed by atoms with E-state index in [4.69, 9.17) is 15.6 Å². The van der Waals surface area contributed by atoms with E-state index in [9.17, 15) is 9.59 Å². The fraction of sp³-hybridized carbons (Fsp3) is 0.0909. The Hall–Kier alpha value is -2.50. The molecule has 0 aromatic heterocycles. The van der Waals surface area contributed by atoms with E-state index in [1.807, 2.05) is 0 Å². The maximum absolute atomic E-state index is 10.7. The number of nitrogens with zero attached hydrogens (tertiary/aromatic N) is 1. The minimum absolute atomic E-state index is 0.636. The van der Waals surface area contributed by atoms with Crippen molar-refractivity contribution < 1.29 is 19.8 Å². The molecule has 6 heteroatoms. The number of hydrogen-bond donors (Lipinski definition) is 3. The van der Waals surface area contributed by atoms with Crippen molar-refractivity contribution in [3.8, 4) is 0 Å². The van der Waals surface area contributed by atoms with Crippen LogP contribution < -0.4 is 0 Å². The lowest BCUT2D eigenvalue weighted by molar-refractivity contribution is -0.138. The van der Waals surface area contributed by atoms with Crippen LogP contribution in [0.5, 0.6) is 0 Å². The summed E-state index contributed by atoms with van der Waals surface area (Å²) in [4.78, 5) is 24.8. The Morgan fingerprint density at radius 2 is 1.82 bits per heavy atom. The highest BCUT2D eigenvalue weighted by atomic mass is 16.4. The van der Waals surface area contributed by atoms with Crippen molar-refractivity contribution >= 4 is 23.9 Å². The Balaban J connectivity index is 2.89. The van der Waals surface area contributed by atoms with Gasteiger partial charge in [0.25, 0.3) is 0 Å². The van der Waals surface area contributed by atoms with Crippen LogP contribution in [0.2, 0.25) is 0 Å². The average Bonchev–Trinajstić information content (AvgIpc) is 2.29. The maximum atomic E-state index is 10.7. The monoisotopic (exact) mass is 234 g/mol. The van der Waals surface area contributed by atoms with Gasteiger partial charge in [0.05, 0.1) is 0 Å². The van der Waals surface area contributed by atoms with E-state index in [0.29, 0.717) is 5.56 Å². The summed E-state index contributed by atoms with van der Waals surface area (Å²) < 4.78 is 0. The summed E-state index contributed by atoms with van der Waals surface area (Å²) in [5.41, 5.74) is -0.332. The average molecular weight is 234 g/mol. The fourth-order valence-corrected chi connectivity index (χ4v) is 1.08. The van der Waals surface area contributed by atoms with Crippen molar-refractivity contribution in [2.45, 2.75) is 6.04 Å². The molecule has 1 rings (SSSR count). The second-order valence-electron chi connectivity index (χ2n) is 3.15. The summed E-state index contributed by atoms with van der Waals surface area (Å²) in [6.07, 6.45) is 1.23. The highest BCUT2D eigenvalue weighted by Gasteiger charge is 2.26. The van der Waals surface area contributed by atoms with Crippen molar-refractivity contribution in [1.82, 2.24) is 0 Å². The molecule has 0 bridgehead atoms. The van der Waals surface area contributed by atoms with Crippen LogP contribution >= 0.6 is 0 Å². The molecule has 0 amide bonds. The highest BCUT2D eigenvalue weighted by molar-refractivity contribution is 6.40. The van der Waals surface area contributed by atoms with Crippen molar-refractivity contribution in [3.05, 3.63) is 35.9 Å². The molecule has 17 heavy (non-hydrogen) atoms. The smallest absolute Gasteiger partial charge is 0.352 e. The van der Waals surface area contributed by atoms with E-state index >= 15 is 0 Å². The fourth-order valence-electron chi connectivity index (χ4n) is 1.08. The van der Waals surface area contributed by atoms with Crippen LogP contribution in [0.1, 0.15) is 5.56 Å². The Morgan fingerprint density at radius 1 is 1.24 bits per heavy atom. The molecule has 0 saturated carbocycles. The standard InChI is InChI=1S/C11H10N2O4/c12-8(10(14)15)9(11(16)17)13-6-7-4-2-1-3-5-7/h1-6,9,12H,(H,14,15)(H,16,17). The summed E-state index contributed by atoms with van der Waals surface area (Å²) in [6.45, 7) is 0. The lowest BCUT2D eigenvalue weighted by Crippen LogP contribution is -2.33. The molecular formula is C11H10N2O4. The van der Waals surface area contributed by atoms with Gasteiger partial charge in [-0.15, -0.1) is 0 Å².